The lowest BCUT2D eigenvalue weighted by Crippen LogP contribution is -2.14. The third-order valence-electron chi connectivity index (χ3n) is 3.27. The number of hydrogen-bond donors (Lipinski definition) is 2. The summed E-state index contributed by atoms with van der Waals surface area (Å²) < 4.78 is 0. The first-order chi connectivity index (χ1) is 11.4. The van der Waals surface area contributed by atoms with Crippen LogP contribution in [0.5, 0.6) is 5.75 Å². The highest BCUT2D eigenvalue weighted by Crippen LogP contribution is 2.27. The minimum atomic E-state index is -0.744. The van der Waals surface area contributed by atoms with Crippen molar-refractivity contribution >= 4 is 23.4 Å². The van der Waals surface area contributed by atoms with Crippen LogP contribution in [0.4, 0.5) is 11.4 Å². The summed E-state index contributed by atoms with van der Waals surface area (Å²) in [7, 11) is 0. The minimum absolute atomic E-state index is 0.210. The molecule has 0 heterocycles. The molecule has 0 saturated carbocycles. The Hall–Kier alpha value is -3.66. The number of carbonyl (C=O) groups is 1. The van der Waals surface area contributed by atoms with Gasteiger partial charge >= 0.3 is 5.69 Å². The van der Waals surface area contributed by atoms with Gasteiger partial charge in [0.25, 0.3) is 5.91 Å². The van der Waals surface area contributed by atoms with Gasteiger partial charge in [-0.3, -0.25) is 14.9 Å². The summed E-state index contributed by atoms with van der Waals surface area (Å²) in [5, 5.41) is 32.0. The van der Waals surface area contributed by atoms with Crippen molar-refractivity contribution in [3.8, 4) is 11.8 Å². The molecule has 0 aliphatic rings. The number of anilines is 1. The molecule has 24 heavy (non-hydrogen) atoms. The second kappa shape index (κ2) is 7.07. The number of rotatable bonds is 4. The fourth-order valence-corrected chi connectivity index (χ4v) is 1.99. The predicted octanol–water partition coefficient (Wildman–Crippen LogP) is 3.15. The molecule has 2 aromatic carbocycles. The third-order valence-corrected chi connectivity index (χ3v) is 3.27. The zero-order valence-electron chi connectivity index (χ0n) is 12.7. The largest absolute Gasteiger partial charge is 0.502 e. The van der Waals surface area contributed by atoms with Crippen molar-refractivity contribution in [3.63, 3.8) is 0 Å². The van der Waals surface area contributed by atoms with Crippen molar-refractivity contribution in [3.05, 3.63) is 69.3 Å². The van der Waals surface area contributed by atoms with Crippen LogP contribution in [0.15, 0.2) is 48.0 Å². The molecule has 0 radical (unpaired) electrons. The molecule has 0 atom stereocenters. The number of hydrogen-bond acceptors (Lipinski definition) is 5. The summed E-state index contributed by atoms with van der Waals surface area (Å²) >= 11 is 0. The van der Waals surface area contributed by atoms with Gasteiger partial charge in [0.05, 0.1) is 4.92 Å². The van der Waals surface area contributed by atoms with E-state index in [1.165, 1.54) is 12.1 Å². The van der Waals surface area contributed by atoms with E-state index in [-0.39, 0.29) is 11.1 Å². The van der Waals surface area contributed by atoms with Crippen LogP contribution < -0.4 is 5.32 Å². The molecule has 0 bridgehead atoms. The average molecular weight is 323 g/mol. The first-order valence-electron chi connectivity index (χ1n) is 6.88. The number of amides is 1. The highest BCUT2D eigenvalue weighted by atomic mass is 16.6. The van der Waals surface area contributed by atoms with E-state index in [0.29, 0.717) is 5.69 Å². The lowest BCUT2D eigenvalue weighted by Gasteiger charge is -2.07. The maximum absolute atomic E-state index is 12.2. The van der Waals surface area contributed by atoms with E-state index in [9.17, 15) is 25.3 Å². The minimum Gasteiger partial charge on any atom is -0.502 e. The second-order valence-electron chi connectivity index (χ2n) is 4.94. The molecule has 7 nitrogen and oxygen atoms in total. The highest BCUT2D eigenvalue weighted by molar-refractivity contribution is 6.10. The molecule has 0 aliphatic carbocycles. The number of phenolic OH excluding ortho intramolecular Hbond substituents is 1. The molecule has 2 N–H and O–H groups in total. The van der Waals surface area contributed by atoms with Crippen LogP contribution in [0.2, 0.25) is 0 Å². The molecule has 2 rings (SSSR count). The topological polar surface area (TPSA) is 116 Å². The zero-order valence-corrected chi connectivity index (χ0v) is 12.7. The Morgan fingerprint density at radius 3 is 2.67 bits per heavy atom. The van der Waals surface area contributed by atoms with Crippen molar-refractivity contribution in [2.24, 2.45) is 0 Å². The van der Waals surface area contributed by atoms with Gasteiger partial charge in [-0.15, -0.1) is 0 Å². The van der Waals surface area contributed by atoms with Gasteiger partial charge in [0, 0.05) is 11.8 Å². The van der Waals surface area contributed by atoms with Gasteiger partial charge in [0.2, 0.25) is 0 Å². The van der Waals surface area contributed by atoms with Crippen LogP contribution >= 0.6 is 0 Å². The highest BCUT2D eigenvalue weighted by Gasteiger charge is 2.15. The van der Waals surface area contributed by atoms with E-state index in [1.54, 1.807) is 18.2 Å². The average Bonchev–Trinajstić information content (AvgIpc) is 2.55. The molecule has 1 amide bonds. The van der Waals surface area contributed by atoms with Gasteiger partial charge < -0.3 is 10.4 Å². The number of nitrogens with one attached hydrogen (secondary N) is 1. The number of nitro benzene ring substituents is 1. The summed E-state index contributed by atoms with van der Waals surface area (Å²) in [5.74, 6) is -1.11. The van der Waals surface area contributed by atoms with Crippen molar-refractivity contribution in [1.29, 1.82) is 5.26 Å². The molecule has 7 heteroatoms. The van der Waals surface area contributed by atoms with Gasteiger partial charge in [0.15, 0.2) is 5.75 Å². The number of phenols is 1. The summed E-state index contributed by atoms with van der Waals surface area (Å²) in [5.41, 5.74) is 0.957. The Morgan fingerprint density at radius 2 is 2.04 bits per heavy atom. The molecule has 0 aliphatic heterocycles. The number of aromatic hydroxyl groups is 1. The third kappa shape index (κ3) is 3.75. The summed E-state index contributed by atoms with van der Waals surface area (Å²) in [4.78, 5) is 22.3. The summed E-state index contributed by atoms with van der Waals surface area (Å²) in [6.07, 6.45) is 1.22. The smallest absolute Gasteiger partial charge is 0.311 e. The Bertz CT molecular complexity index is 882. The van der Waals surface area contributed by atoms with E-state index < -0.39 is 22.3 Å². The molecule has 120 valence electrons. The number of aryl methyl sites for hydroxylation is 1. The van der Waals surface area contributed by atoms with Crippen molar-refractivity contribution in [2.45, 2.75) is 6.92 Å². The van der Waals surface area contributed by atoms with Crippen LogP contribution in [0, 0.1) is 28.4 Å². The predicted molar refractivity (Wildman–Crippen MR) is 88.2 cm³/mol. The molecule has 0 saturated heterocycles. The number of benzene rings is 2. The number of para-hydroxylation sites is 1. The fraction of sp³-hybridized carbons (Fsp3) is 0.0588. The fourth-order valence-electron chi connectivity index (χ4n) is 1.99. The van der Waals surface area contributed by atoms with Crippen molar-refractivity contribution in [2.75, 3.05) is 5.32 Å². The normalized spacial score (nSPS) is 10.8. The Morgan fingerprint density at radius 1 is 1.33 bits per heavy atom. The van der Waals surface area contributed by atoms with Crippen LogP contribution in [0.1, 0.15) is 11.1 Å². The Kier molecular flexibility index (Phi) is 4.92. The standard InChI is InChI=1S/C17H13N3O4/c1-11-4-2-3-5-14(11)19-17(22)13(10-18)8-12-6-7-16(21)15(9-12)20(23)24/h2-9,21H,1H3,(H,19,22). The number of nitro groups is 1. The lowest BCUT2D eigenvalue weighted by atomic mass is 10.1. The zero-order chi connectivity index (χ0) is 17.7. The molecular weight excluding hydrogens is 310 g/mol. The lowest BCUT2D eigenvalue weighted by molar-refractivity contribution is -0.385. The molecule has 0 fully saturated rings. The number of nitrogens with zero attached hydrogens (tertiary/aromatic N) is 2. The van der Waals surface area contributed by atoms with Gasteiger partial charge in [-0.2, -0.15) is 5.26 Å². The molecule has 0 spiro atoms. The maximum Gasteiger partial charge on any atom is 0.311 e. The molecule has 0 aromatic heterocycles. The molecular formula is C17H13N3O4. The SMILES string of the molecule is Cc1ccccc1NC(=O)C(C#N)=Cc1ccc(O)c([N+](=O)[O-])c1. The van der Waals surface area contributed by atoms with Gasteiger partial charge in [-0.1, -0.05) is 24.3 Å². The quantitative estimate of drug-likeness (QED) is 0.388. The number of nitriles is 1. The Labute approximate surface area is 137 Å². The van der Waals surface area contributed by atoms with Crippen molar-refractivity contribution in [1.82, 2.24) is 0 Å². The van der Waals surface area contributed by atoms with Crippen LogP contribution in [-0.4, -0.2) is 15.9 Å². The van der Waals surface area contributed by atoms with Crippen LogP contribution in [-0.2, 0) is 4.79 Å². The van der Waals surface area contributed by atoms with E-state index in [1.807, 2.05) is 19.1 Å². The van der Waals surface area contributed by atoms with Crippen molar-refractivity contribution < 1.29 is 14.8 Å². The molecule has 2 aromatic rings. The van der Waals surface area contributed by atoms with Crippen LogP contribution in [0.3, 0.4) is 0 Å². The first-order valence-corrected chi connectivity index (χ1v) is 6.88. The van der Waals surface area contributed by atoms with Gasteiger partial charge in [-0.05, 0) is 36.3 Å². The van der Waals surface area contributed by atoms with E-state index in [0.717, 1.165) is 17.7 Å². The second-order valence-corrected chi connectivity index (χ2v) is 4.94. The maximum atomic E-state index is 12.2. The molecule has 0 unspecified atom stereocenters. The van der Waals surface area contributed by atoms with E-state index in [4.69, 9.17) is 0 Å². The van der Waals surface area contributed by atoms with E-state index >= 15 is 0 Å². The number of carbonyl (C=O) groups excluding carboxylic acids is 1. The summed E-state index contributed by atoms with van der Waals surface area (Å²) in [6.45, 7) is 1.81. The van der Waals surface area contributed by atoms with Crippen LogP contribution in [0.25, 0.3) is 6.08 Å². The monoisotopic (exact) mass is 323 g/mol. The summed E-state index contributed by atoms with van der Waals surface area (Å²) in [6, 6.07) is 12.5. The van der Waals surface area contributed by atoms with Gasteiger partial charge in [0.1, 0.15) is 11.6 Å². The van der Waals surface area contributed by atoms with Gasteiger partial charge in [-0.25, -0.2) is 0 Å². The van der Waals surface area contributed by atoms with E-state index in [2.05, 4.69) is 5.32 Å². The first kappa shape index (κ1) is 16.7. The Balaban J connectivity index is 2.31.